The zero-order valence-corrected chi connectivity index (χ0v) is 23.6. The second-order valence-corrected chi connectivity index (χ2v) is 9.68. The van der Waals surface area contributed by atoms with Gasteiger partial charge in [0.1, 0.15) is 6.04 Å². The highest BCUT2D eigenvalue weighted by atomic mass is 16.5. The lowest BCUT2D eigenvalue weighted by atomic mass is 10.0. The van der Waals surface area contributed by atoms with Gasteiger partial charge in [-0.25, -0.2) is 4.79 Å². The smallest absolute Gasteiger partial charge is 0.329 e. The van der Waals surface area contributed by atoms with E-state index in [9.17, 15) is 14.4 Å². The van der Waals surface area contributed by atoms with Crippen LogP contribution in [0.15, 0.2) is 72.8 Å². The number of amides is 1. The summed E-state index contributed by atoms with van der Waals surface area (Å²) < 4.78 is 15.9. The van der Waals surface area contributed by atoms with Crippen LogP contribution in [0.1, 0.15) is 70.9 Å². The first-order valence-electron chi connectivity index (χ1n) is 13.8. The highest BCUT2D eigenvalue weighted by molar-refractivity contribution is 5.99. The summed E-state index contributed by atoms with van der Waals surface area (Å²) in [5, 5.41) is 2.75. The van der Waals surface area contributed by atoms with Crippen molar-refractivity contribution in [3.63, 3.8) is 0 Å². The number of carbonyl (C=O) groups is 3. The molecule has 1 atom stereocenters. The van der Waals surface area contributed by atoms with Gasteiger partial charge < -0.3 is 19.5 Å². The molecule has 3 aromatic carbocycles. The third kappa shape index (κ3) is 9.26. The third-order valence-electron chi connectivity index (χ3n) is 6.71. The number of ketones is 1. The Bertz CT molecular complexity index is 1240. The molecule has 212 valence electrons. The van der Waals surface area contributed by atoms with Crippen LogP contribution in [0.2, 0.25) is 0 Å². The van der Waals surface area contributed by atoms with Gasteiger partial charge >= 0.3 is 5.97 Å². The molecule has 0 fully saturated rings. The molecular weight excluding hydrogens is 506 g/mol. The topological polar surface area (TPSA) is 90.9 Å². The summed E-state index contributed by atoms with van der Waals surface area (Å²) in [5.74, 6) is -0.582. The second-order valence-electron chi connectivity index (χ2n) is 9.68. The molecule has 0 unspecified atom stereocenters. The molecule has 0 bridgehead atoms. The molecule has 0 aromatic heterocycles. The molecule has 0 heterocycles. The number of ether oxygens (including phenoxy) is 3. The maximum absolute atomic E-state index is 13.1. The number of aryl methyl sites for hydroxylation is 1. The number of Topliss-reactive ketones (excluding diaryl/α,β-unsaturated/α-hetero) is 1. The fourth-order valence-corrected chi connectivity index (χ4v) is 4.37. The average Bonchev–Trinajstić information content (AvgIpc) is 2.99. The van der Waals surface area contributed by atoms with Crippen LogP contribution >= 0.6 is 0 Å². The van der Waals surface area contributed by atoms with Gasteiger partial charge in [0.15, 0.2) is 23.9 Å². The predicted octanol–water partition coefficient (Wildman–Crippen LogP) is 5.98. The van der Waals surface area contributed by atoms with Gasteiger partial charge in [-0.3, -0.25) is 9.59 Å². The summed E-state index contributed by atoms with van der Waals surface area (Å²) in [6, 6.07) is 20.5. The first-order chi connectivity index (χ1) is 19.4. The standard InChI is InChI=1S/C33H39NO6/c1-4-5-6-7-9-12-24-15-17-26(18-16-24)29(35)23-40-33(37)28(21-25-13-10-8-11-14-25)34-32(36)27-19-20-30(38-2)31(22-27)39-3/h8,10-11,13-20,22,28H,4-7,9,12,21,23H2,1-3H3,(H,34,36)/t28-/m0/s1. The van der Waals surface area contributed by atoms with Gasteiger partial charge in [0, 0.05) is 17.5 Å². The zero-order valence-electron chi connectivity index (χ0n) is 23.6. The maximum Gasteiger partial charge on any atom is 0.329 e. The first-order valence-corrected chi connectivity index (χ1v) is 13.8. The lowest BCUT2D eigenvalue weighted by molar-refractivity contribution is -0.144. The van der Waals surface area contributed by atoms with Crippen molar-refractivity contribution >= 4 is 17.7 Å². The van der Waals surface area contributed by atoms with Crippen molar-refractivity contribution in [1.29, 1.82) is 0 Å². The Morgan fingerprint density at radius 3 is 2.10 bits per heavy atom. The van der Waals surface area contributed by atoms with Crippen LogP contribution in [0.25, 0.3) is 0 Å². The van der Waals surface area contributed by atoms with Crippen molar-refractivity contribution in [2.24, 2.45) is 0 Å². The molecule has 0 aliphatic carbocycles. The third-order valence-corrected chi connectivity index (χ3v) is 6.71. The summed E-state index contributed by atoms with van der Waals surface area (Å²) in [6.45, 7) is 1.79. The number of hydrogen-bond donors (Lipinski definition) is 1. The molecule has 0 saturated heterocycles. The van der Waals surface area contributed by atoms with Crippen LogP contribution in [-0.2, 0) is 22.4 Å². The molecule has 0 radical (unpaired) electrons. The van der Waals surface area contributed by atoms with Crippen molar-refractivity contribution in [1.82, 2.24) is 5.32 Å². The van der Waals surface area contributed by atoms with Crippen molar-refractivity contribution in [2.45, 2.75) is 57.9 Å². The van der Waals surface area contributed by atoms with E-state index in [2.05, 4.69) is 12.2 Å². The highest BCUT2D eigenvalue weighted by Gasteiger charge is 2.25. The minimum atomic E-state index is -0.995. The van der Waals surface area contributed by atoms with Crippen LogP contribution in [0.3, 0.4) is 0 Å². The number of carbonyl (C=O) groups excluding carboxylic acids is 3. The Balaban J connectivity index is 1.62. The highest BCUT2D eigenvalue weighted by Crippen LogP contribution is 2.27. The minimum absolute atomic E-state index is 0.208. The molecule has 0 aliphatic heterocycles. The van der Waals surface area contributed by atoms with E-state index in [1.165, 1.54) is 51.5 Å². The van der Waals surface area contributed by atoms with E-state index in [4.69, 9.17) is 14.2 Å². The molecule has 0 aliphatic rings. The fraction of sp³-hybridized carbons (Fsp3) is 0.364. The van der Waals surface area contributed by atoms with Crippen LogP contribution in [-0.4, -0.2) is 44.5 Å². The number of benzene rings is 3. The monoisotopic (exact) mass is 545 g/mol. The molecule has 1 amide bonds. The Labute approximate surface area is 236 Å². The minimum Gasteiger partial charge on any atom is -0.493 e. The average molecular weight is 546 g/mol. The normalized spacial score (nSPS) is 11.4. The molecule has 0 spiro atoms. The first kappa shape index (κ1) is 30.4. The Kier molecular flexibility index (Phi) is 12.2. The van der Waals surface area contributed by atoms with Gasteiger partial charge in [-0.1, -0.05) is 87.2 Å². The molecule has 7 nitrogen and oxygen atoms in total. The van der Waals surface area contributed by atoms with Crippen LogP contribution in [0.4, 0.5) is 0 Å². The van der Waals surface area contributed by atoms with Crippen LogP contribution in [0.5, 0.6) is 11.5 Å². The summed E-state index contributed by atoms with van der Waals surface area (Å²) in [4.78, 5) is 38.9. The molecule has 40 heavy (non-hydrogen) atoms. The van der Waals surface area contributed by atoms with Crippen molar-refractivity contribution < 1.29 is 28.6 Å². The molecule has 3 rings (SSSR count). The van der Waals surface area contributed by atoms with E-state index in [-0.39, 0.29) is 12.2 Å². The molecule has 7 heteroatoms. The Morgan fingerprint density at radius 1 is 0.750 bits per heavy atom. The van der Waals surface area contributed by atoms with E-state index >= 15 is 0 Å². The number of hydrogen-bond acceptors (Lipinski definition) is 6. The van der Waals surface area contributed by atoms with Crippen molar-refractivity contribution in [3.05, 3.63) is 95.1 Å². The van der Waals surface area contributed by atoms with E-state index in [1.54, 1.807) is 24.3 Å². The fourth-order valence-electron chi connectivity index (χ4n) is 4.37. The van der Waals surface area contributed by atoms with E-state index in [0.717, 1.165) is 18.4 Å². The van der Waals surface area contributed by atoms with Crippen LogP contribution < -0.4 is 14.8 Å². The number of esters is 1. The number of unbranched alkanes of at least 4 members (excludes halogenated alkanes) is 4. The summed E-state index contributed by atoms with van der Waals surface area (Å²) in [7, 11) is 2.99. The van der Waals surface area contributed by atoms with E-state index in [0.29, 0.717) is 22.6 Å². The van der Waals surface area contributed by atoms with Gasteiger partial charge in [0.2, 0.25) is 0 Å². The summed E-state index contributed by atoms with van der Waals surface area (Å²) in [6.07, 6.45) is 7.25. The maximum atomic E-state index is 13.1. The number of rotatable bonds is 16. The molecular formula is C33H39NO6. The van der Waals surface area contributed by atoms with Crippen molar-refractivity contribution in [2.75, 3.05) is 20.8 Å². The molecule has 1 N–H and O–H groups in total. The second kappa shape index (κ2) is 16.1. The number of nitrogens with one attached hydrogen (secondary N) is 1. The Morgan fingerprint density at radius 2 is 1.43 bits per heavy atom. The predicted molar refractivity (Wildman–Crippen MR) is 155 cm³/mol. The SMILES string of the molecule is CCCCCCCc1ccc(C(=O)COC(=O)[C@H](Cc2ccccc2)NC(=O)c2ccc(OC)c(OC)c2)cc1. The van der Waals surface area contributed by atoms with Gasteiger partial charge in [-0.15, -0.1) is 0 Å². The van der Waals surface area contributed by atoms with E-state index < -0.39 is 24.5 Å². The summed E-state index contributed by atoms with van der Waals surface area (Å²) in [5.41, 5.74) is 2.81. The van der Waals surface area contributed by atoms with Crippen molar-refractivity contribution in [3.8, 4) is 11.5 Å². The quantitative estimate of drug-likeness (QED) is 0.135. The van der Waals surface area contributed by atoms with Gasteiger partial charge in [-0.2, -0.15) is 0 Å². The molecule has 0 saturated carbocycles. The zero-order chi connectivity index (χ0) is 28.7. The summed E-state index contributed by atoms with van der Waals surface area (Å²) >= 11 is 0. The lowest BCUT2D eigenvalue weighted by Crippen LogP contribution is -2.43. The van der Waals surface area contributed by atoms with Gasteiger partial charge in [-0.05, 0) is 42.2 Å². The largest absolute Gasteiger partial charge is 0.493 e. The number of methoxy groups -OCH3 is 2. The lowest BCUT2D eigenvalue weighted by Gasteiger charge is -2.18. The molecule has 3 aromatic rings. The Hall–Kier alpha value is -4.13. The van der Waals surface area contributed by atoms with Gasteiger partial charge in [0.25, 0.3) is 5.91 Å². The van der Waals surface area contributed by atoms with E-state index in [1.807, 2.05) is 42.5 Å². The van der Waals surface area contributed by atoms with Gasteiger partial charge in [0.05, 0.1) is 14.2 Å². The van der Waals surface area contributed by atoms with Crippen LogP contribution in [0, 0.1) is 0 Å².